The molecule has 3 rings (SSSR count). The highest BCUT2D eigenvalue weighted by Gasteiger charge is 2.18. The van der Waals surface area contributed by atoms with Gasteiger partial charge in [-0.3, -0.25) is 9.59 Å². The first kappa shape index (κ1) is 23.8. The predicted molar refractivity (Wildman–Crippen MR) is 126 cm³/mol. The minimum atomic E-state index is -0.0367. The van der Waals surface area contributed by atoms with E-state index in [2.05, 4.69) is 25.3 Å². The molecule has 0 aliphatic heterocycles. The molecule has 0 unspecified atom stereocenters. The molecule has 33 heavy (non-hydrogen) atoms. The third-order valence-electron chi connectivity index (χ3n) is 5.15. The van der Waals surface area contributed by atoms with Gasteiger partial charge in [-0.1, -0.05) is 12.8 Å². The van der Waals surface area contributed by atoms with Gasteiger partial charge in [0.25, 0.3) is 5.91 Å². The van der Waals surface area contributed by atoms with Crippen LogP contribution < -0.4 is 10.2 Å². The maximum Gasteiger partial charge on any atom is 0.253 e. The molecular formula is C24H29N7O2. The Morgan fingerprint density at radius 2 is 1.36 bits per heavy atom. The molecule has 0 aliphatic carbocycles. The van der Waals surface area contributed by atoms with Gasteiger partial charge in [0.2, 0.25) is 17.8 Å². The van der Waals surface area contributed by atoms with E-state index in [0.29, 0.717) is 30.4 Å². The first-order valence-corrected chi connectivity index (χ1v) is 11.0. The number of nitrogens with zero attached hydrogens (tertiary/aromatic N) is 6. The molecule has 2 aromatic heterocycles. The quantitative estimate of drug-likeness (QED) is 0.449. The summed E-state index contributed by atoms with van der Waals surface area (Å²) in [5, 5.41) is 2.63. The third kappa shape index (κ3) is 6.80. The molecule has 9 heteroatoms. The number of rotatable bonds is 11. The Balaban J connectivity index is 1.61. The van der Waals surface area contributed by atoms with Crippen molar-refractivity contribution >= 4 is 29.4 Å². The number of aromatic nitrogens is 4. The van der Waals surface area contributed by atoms with E-state index < -0.39 is 0 Å². The fraction of sp³-hybridized carbons (Fsp3) is 0.333. The Hall–Kier alpha value is -3.88. The predicted octanol–water partition coefficient (Wildman–Crippen LogP) is 3.50. The molecule has 0 radical (unpaired) electrons. The third-order valence-corrected chi connectivity index (χ3v) is 5.15. The highest BCUT2D eigenvalue weighted by atomic mass is 16.2. The topological polar surface area (TPSA) is 104 Å². The monoisotopic (exact) mass is 447 g/mol. The molecule has 1 aromatic carbocycles. The fourth-order valence-electron chi connectivity index (χ4n) is 3.32. The number of benzene rings is 1. The summed E-state index contributed by atoms with van der Waals surface area (Å²) in [5.74, 6) is 0.917. The number of nitrogens with one attached hydrogen (secondary N) is 1. The lowest BCUT2D eigenvalue weighted by Gasteiger charge is -2.21. The number of carbonyl (C=O) groups is 2. The number of anilines is 3. The number of unbranched alkanes of at least 4 members (excludes halogenated alkanes) is 3. The molecule has 0 bridgehead atoms. The van der Waals surface area contributed by atoms with Gasteiger partial charge in [-0.15, -0.1) is 0 Å². The van der Waals surface area contributed by atoms with Gasteiger partial charge in [0, 0.05) is 57.4 Å². The van der Waals surface area contributed by atoms with Crippen LogP contribution in [-0.2, 0) is 4.79 Å². The van der Waals surface area contributed by atoms with E-state index in [1.165, 1.54) is 0 Å². The smallest absolute Gasteiger partial charge is 0.253 e. The normalized spacial score (nSPS) is 10.5. The fourth-order valence-corrected chi connectivity index (χ4v) is 3.32. The van der Waals surface area contributed by atoms with Crippen molar-refractivity contribution in [2.45, 2.75) is 32.1 Å². The van der Waals surface area contributed by atoms with Crippen molar-refractivity contribution in [3.05, 3.63) is 66.7 Å². The molecule has 3 aromatic rings. The molecule has 172 valence electrons. The van der Waals surface area contributed by atoms with Crippen molar-refractivity contribution in [2.75, 3.05) is 25.5 Å². The molecule has 9 nitrogen and oxygen atoms in total. The number of hydrogen-bond donors (Lipinski definition) is 1. The van der Waals surface area contributed by atoms with E-state index in [9.17, 15) is 9.59 Å². The van der Waals surface area contributed by atoms with Gasteiger partial charge in [0.15, 0.2) is 0 Å². The first-order chi connectivity index (χ1) is 16.1. The lowest BCUT2D eigenvalue weighted by Crippen LogP contribution is -2.27. The van der Waals surface area contributed by atoms with E-state index in [1.807, 2.05) is 19.2 Å². The first-order valence-electron chi connectivity index (χ1n) is 11.0. The molecule has 0 fully saturated rings. The molecule has 2 heterocycles. The highest BCUT2D eigenvalue weighted by molar-refractivity contribution is 5.94. The van der Waals surface area contributed by atoms with E-state index in [1.54, 1.807) is 65.9 Å². The Kier molecular flexibility index (Phi) is 8.81. The van der Waals surface area contributed by atoms with E-state index in [-0.39, 0.29) is 11.8 Å². The average Bonchev–Trinajstić information content (AvgIpc) is 2.87. The van der Waals surface area contributed by atoms with E-state index in [0.717, 1.165) is 31.4 Å². The van der Waals surface area contributed by atoms with Crippen LogP contribution in [0.4, 0.5) is 17.6 Å². The summed E-state index contributed by atoms with van der Waals surface area (Å²) in [5.41, 5.74) is 1.35. The largest absolute Gasteiger partial charge is 0.359 e. The standard InChI is InChI=1S/C24H29N7O2/c1-25-21(32)9-5-3-4-6-18-30(2)22(33)19-10-12-20(13-11-19)31(23-26-14-7-15-27-23)24-28-16-8-17-29-24/h7-8,10-17H,3-6,9,18H2,1-2H3,(H,25,32). The van der Waals surface area contributed by atoms with Crippen molar-refractivity contribution < 1.29 is 9.59 Å². The summed E-state index contributed by atoms with van der Waals surface area (Å²) in [6, 6.07) is 10.7. The van der Waals surface area contributed by atoms with Gasteiger partial charge in [0.1, 0.15) is 0 Å². The van der Waals surface area contributed by atoms with Crippen molar-refractivity contribution in [3.8, 4) is 0 Å². The average molecular weight is 448 g/mol. The van der Waals surface area contributed by atoms with Crippen LogP contribution in [0.2, 0.25) is 0 Å². The van der Waals surface area contributed by atoms with Crippen LogP contribution in [0.15, 0.2) is 61.2 Å². The number of carbonyl (C=O) groups excluding carboxylic acids is 2. The summed E-state index contributed by atoms with van der Waals surface area (Å²) in [6.45, 7) is 0.669. The highest BCUT2D eigenvalue weighted by Crippen LogP contribution is 2.28. The van der Waals surface area contributed by atoms with Crippen LogP contribution >= 0.6 is 0 Å². The van der Waals surface area contributed by atoms with Gasteiger partial charge in [-0.05, 0) is 49.2 Å². The number of hydrogen-bond acceptors (Lipinski definition) is 7. The van der Waals surface area contributed by atoms with Crippen LogP contribution in [0.3, 0.4) is 0 Å². The molecule has 0 saturated carbocycles. The van der Waals surface area contributed by atoms with Crippen LogP contribution in [0, 0.1) is 0 Å². The van der Waals surface area contributed by atoms with Gasteiger partial charge in [0.05, 0.1) is 5.69 Å². The van der Waals surface area contributed by atoms with Crippen LogP contribution in [0.1, 0.15) is 42.5 Å². The second kappa shape index (κ2) is 12.2. The van der Waals surface area contributed by atoms with Gasteiger partial charge < -0.3 is 10.2 Å². The van der Waals surface area contributed by atoms with Crippen LogP contribution in [0.25, 0.3) is 0 Å². The zero-order valence-corrected chi connectivity index (χ0v) is 19.0. The lowest BCUT2D eigenvalue weighted by molar-refractivity contribution is -0.120. The SMILES string of the molecule is CNC(=O)CCCCCCN(C)C(=O)c1ccc(N(c2ncccn2)c2ncccn2)cc1. The van der Waals surface area contributed by atoms with Crippen LogP contribution in [-0.4, -0.2) is 57.3 Å². The Bertz CT molecular complexity index is 975. The van der Waals surface area contributed by atoms with Gasteiger partial charge in [-0.2, -0.15) is 0 Å². The zero-order chi connectivity index (χ0) is 23.5. The lowest BCUT2D eigenvalue weighted by atomic mass is 10.1. The maximum atomic E-state index is 12.8. The van der Waals surface area contributed by atoms with Crippen molar-refractivity contribution in [3.63, 3.8) is 0 Å². The number of amides is 2. The Morgan fingerprint density at radius 3 is 1.91 bits per heavy atom. The summed E-state index contributed by atoms with van der Waals surface area (Å²) in [6.07, 6.45) is 10.9. The summed E-state index contributed by atoms with van der Waals surface area (Å²) < 4.78 is 0. The minimum absolute atomic E-state index is 0.0367. The molecule has 2 amide bonds. The summed E-state index contributed by atoms with van der Waals surface area (Å²) >= 11 is 0. The molecule has 0 spiro atoms. The van der Waals surface area contributed by atoms with Crippen molar-refractivity contribution in [1.82, 2.24) is 30.2 Å². The second-order valence-corrected chi connectivity index (χ2v) is 7.54. The van der Waals surface area contributed by atoms with Gasteiger partial charge in [-0.25, -0.2) is 24.8 Å². The molecular weight excluding hydrogens is 418 g/mol. The van der Waals surface area contributed by atoms with E-state index >= 15 is 0 Å². The maximum absolute atomic E-state index is 12.8. The molecule has 0 atom stereocenters. The molecule has 1 N–H and O–H groups in total. The van der Waals surface area contributed by atoms with E-state index in [4.69, 9.17) is 0 Å². The summed E-state index contributed by atoms with van der Waals surface area (Å²) in [4.78, 5) is 44.8. The van der Waals surface area contributed by atoms with Crippen molar-refractivity contribution in [1.29, 1.82) is 0 Å². The molecule has 0 aliphatic rings. The van der Waals surface area contributed by atoms with Gasteiger partial charge >= 0.3 is 0 Å². The Labute approximate surface area is 193 Å². The zero-order valence-electron chi connectivity index (χ0n) is 19.0. The minimum Gasteiger partial charge on any atom is -0.359 e. The Morgan fingerprint density at radius 1 is 0.818 bits per heavy atom. The van der Waals surface area contributed by atoms with Crippen molar-refractivity contribution in [2.24, 2.45) is 0 Å². The molecule has 0 saturated heterocycles. The van der Waals surface area contributed by atoms with Crippen LogP contribution in [0.5, 0.6) is 0 Å². The summed E-state index contributed by atoms with van der Waals surface area (Å²) in [7, 11) is 3.46. The second-order valence-electron chi connectivity index (χ2n) is 7.54.